The summed E-state index contributed by atoms with van der Waals surface area (Å²) in [5.74, 6) is -0.852. The van der Waals surface area contributed by atoms with Crippen LogP contribution in [-0.2, 0) is 9.59 Å². The van der Waals surface area contributed by atoms with Gasteiger partial charge in [0.1, 0.15) is 0 Å². The van der Waals surface area contributed by atoms with Crippen LogP contribution in [0.5, 0.6) is 0 Å². The van der Waals surface area contributed by atoms with E-state index < -0.39 is 5.91 Å². The van der Waals surface area contributed by atoms with E-state index in [0.29, 0.717) is 6.54 Å². The van der Waals surface area contributed by atoms with Gasteiger partial charge in [-0.1, -0.05) is 0 Å². The van der Waals surface area contributed by atoms with Gasteiger partial charge < -0.3 is 10.2 Å². The number of carbonyl (C=O) groups is 2. The molecular formula is C11H20N2O2. The van der Waals surface area contributed by atoms with E-state index in [2.05, 4.69) is 5.32 Å². The number of carbonyl (C=O) groups excluding carboxylic acids is 2. The van der Waals surface area contributed by atoms with Crippen molar-refractivity contribution in [1.82, 2.24) is 10.2 Å². The molecule has 0 aromatic carbocycles. The quantitative estimate of drug-likeness (QED) is 0.657. The number of rotatable bonds is 1. The molecule has 0 aromatic heterocycles. The van der Waals surface area contributed by atoms with E-state index >= 15 is 0 Å². The van der Waals surface area contributed by atoms with E-state index in [4.69, 9.17) is 0 Å². The highest BCUT2D eigenvalue weighted by Gasteiger charge is 2.28. The summed E-state index contributed by atoms with van der Waals surface area (Å²) in [4.78, 5) is 24.9. The van der Waals surface area contributed by atoms with Crippen molar-refractivity contribution in [2.75, 3.05) is 6.54 Å². The Morgan fingerprint density at radius 3 is 2.53 bits per heavy atom. The predicted molar refractivity (Wildman–Crippen MR) is 58.3 cm³/mol. The van der Waals surface area contributed by atoms with Crippen LogP contribution in [0.3, 0.4) is 0 Å². The van der Waals surface area contributed by atoms with Crippen LogP contribution in [0.15, 0.2) is 0 Å². The van der Waals surface area contributed by atoms with Gasteiger partial charge >= 0.3 is 11.8 Å². The van der Waals surface area contributed by atoms with E-state index in [9.17, 15) is 9.59 Å². The third-order valence-corrected chi connectivity index (χ3v) is 2.68. The summed E-state index contributed by atoms with van der Waals surface area (Å²) in [6, 6.07) is 0.214. The van der Waals surface area contributed by atoms with Crippen LogP contribution in [-0.4, -0.2) is 35.3 Å². The molecule has 1 heterocycles. The van der Waals surface area contributed by atoms with Crippen molar-refractivity contribution in [2.45, 2.75) is 52.1 Å². The molecule has 1 rings (SSSR count). The van der Waals surface area contributed by atoms with Gasteiger partial charge in [0, 0.05) is 18.6 Å². The molecule has 0 aliphatic carbocycles. The van der Waals surface area contributed by atoms with Crippen LogP contribution in [0.1, 0.15) is 40.0 Å². The molecule has 0 radical (unpaired) electrons. The molecule has 1 aliphatic heterocycles. The van der Waals surface area contributed by atoms with Crippen molar-refractivity contribution in [3.05, 3.63) is 0 Å². The average Bonchev–Trinajstić information content (AvgIpc) is 2.16. The Morgan fingerprint density at radius 1 is 1.33 bits per heavy atom. The topological polar surface area (TPSA) is 49.4 Å². The third-order valence-electron chi connectivity index (χ3n) is 2.68. The molecular weight excluding hydrogens is 192 g/mol. The normalized spacial score (nSPS) is 21.6. The van der Waals surface area contributed by atoms with Gasteiger partial charge in [0.05, 0.1) is 0 Å². The molecule has 0 saturated carbocycles. The lowest BCUT2D eigenvalue weighted by Crippen LogP contribution is -2.50. The number of hydrogen-bond acceptors (Lipinski definition) is 2. The molecule has 1 unspecified atom stereocenters. The van der Waals surface area contributed by atoms with Gasteiger partial charge in [0.25, 0.3) is 0 Å². The minimum Gasteiger partial charge on any atom is -0.346 e. The van der Waals surface area contributed by atoms with Crippen molar-refractivity contribution >= 4 is 11.8 Å². The SMILES string of the molecule is CC(C)NC(=O)C(=O)N1CCCCC1C. The highest BCUT2D eigenvalue weighted by molar-refractivity contribution is 6.35. The highest BCUT2D eigenvalue weighted by atomic mass is 16.2. The van der Waals surface area contributed by atoms with E-state index in [1.807, 2.05) is 20.8 Å². The van der Waals surface area contributed by atoms with Gasteiger partial charge in [-0.2, -0.15) is 0 Å². The van der Waals surface area contributed by atoms with Crippen molar-refractivity contribution in [3.8, 4) is 0 Å². The zero-order chi connectivity index (χ0) is 11.4. The first-order valence-electron chi connectivity index (χ1n) is 5.64. The fourth-order valence-electron chi connectivity index (χ4n) is 1.85. The zero-order valence-electron chi connectivity index (χ0n) is 9.75. The molecule has 0 aromatic rings. The number of amides is 2. The van der Waals surface area contributed by atoms with E-state index in [1.54, 1.807) is 4.90 Å². The second-order valence-electron chi connectivity index (χ2n) is 4.47. The summed E-state index contributed by atoms with van der Waals surface area (Å²) >= 11 is 0. The van der Waals surface area contributed by atoms with Gasteiger partial charge in [0.2, 0.25) is 0 Å². The highest BCUT2D eigenvalue weighted by Crippen LogP contribution is 2.16. The molecule has 4 heteroatoms. The Labute approximate surface area is 91.0 Å². The maximum atomic E-state index is 11.8. The Morgan fingerprint density at radius 2 is 2.00 bits per heavy atom. The summed E-state index contributed by atoms with van der Waals surface area (Å²) in [6.07, 6.45) is 3.16. The summed E-state index contributed by atoms with van der Waals surface area (Å²) in [6.45, 7) is 6.42. The number of hydrogen-bond donors (Lipinski definition) is 1. The second kappa shape index (κ2) is 5.14. The summed E-state index contributed by atoms with van der Waals surface area (Å²) in [7, 11) is 0. The van der Waals surface area contributed by atoms with Gasteiger partial charge in [-0.15, -0.1) is 0 Å². The molecule has 1 atom stereocenters. The van der Waals surface area contributed by atoms with Crippen LogP contribution in [0, 0.1) is 0 Å². The van der Waals surface area contributed by atoms with Crippen molar-refractivity contribution in [3.63, 3.8) is 0 Å². The molecule has 2 amide bonds. The van der Waals surface area contributed by atoms with Crippen molar-refractivity contribution in [2.24, 2.45) is 0 Å². The fourth-order valence-corrected chi connectivity index (χ4v) is 1.85. The average molecular weight is 212 g/mol. The van der Waals surface area contributed by atoms with Crippen LogP contribution in [0.2, 0.25) is 0 Å². The van der Waals surface area contributed by atoms with Crippen LogP contribution < -0.4 is 5.32 Å². The number of piperidine rings is 1. The Balaban J connectivity index is 2.54. The maximum absolute atomic E-state index is 11.8. The lowest BCUT2D eigenvalue weighted by Gasteiger charge is -2.32. The van der Waals surface area contributed by atoms with E-state index in [0.717, 1.165) is 19.3 Å². The number of nitrogens with one attached hydrogen (secondary N) is 1. The van der Waals surface area contributed by atoms with Gasteiger partial charge in [-0.05, 0) is 40.0 Å². The molecule has 15 heavy (non-hydrogen) atoms. The first-order valence-corrected chi connectivity index (χ1v) is 5.64. The zero-order valence-corrected chi connectivity index (χ0v) is 9.75. The van der Waals surface area contributed by atoms with Gasteiger partial charge in [0.15, 0.2) is 0 Å². The maximum Gasteiger partial charge on any atom is 0.312 e. The standard InChI is InChI=1S/C11H20N2O2/c1-8(2)12-10(14)11(15)13-7-5-4-6-9(13)3/h8-9H,4-7H2,1-3H3,(H,12,14). The van der Waals surface area contributed by atoms with Gasteiger partial charge in [-0.3, -0.25) is 9.59 Å². The first-order chi connectivity index (χ1) is 7.02. The van der Waals surface area contributed by atoms with Crippen molar-refractivity contribution in [1.29, 1.82) is 0 Å². The molecule has 1 N–H and O–H groups in total. The third kappa shape index (κ3) is 3.22. The number of likely N-dealkylation sites (tertiary alicyclic amines) is 1. The summed E-state index contributed by atoms with van der Waals surface area (Å²) < 4.78 is 0. The molecule has 0 bridgehead atoms. The first kappa shape index (κ1) is 12.0. The second-order valence-corrected chi connectivity index (χ2v) is 4.47. The van der Waals surface area contributed by atoms with Crippen molar-refractivity contribution < 1.29 is 9.59 Å². The largest absolute Gasteiger partial charge is 0.346 e. The van der Waals surface area contributed by atoms with Gasteiger partial charge in [-0.25, -0.2) is 0 Å². The minimum atomic E-state index is -0.473. The summed E-state index contributed by atoms with van der Waals surface area (Å²) in [5.41, 5.74) is 0. The fraction of sp³-hybridized carbons (Fsp3) is 0.818. The molecule has 4 nitrogen and oxygen atoms in total. The predicted octanol–water partition coefficient (Wildman–Crippen LogP) is 0.912. The molecule has 0 spiro atoms. The smallest absolute Gasteiger partial charge is 0.312 e. The molecule has 1 fully saturated rings. The number of nitrogens with zero attached hydrogens (tertiary/aromatic N) is 1. The van der Waals surface area contributed by atoms with E-state index in [-0.39, 0.29) is 18.0 Å². The van der Waals surface area contributed by atoms with Crippen LogP contribution in [0.4, 0.5) is 0 Å². The lowest BCUT2D eigenvalue weighted by atomic mass is 10.0. The summed E-state index contributed by atoms with van der Waals surface area (Å²) in [5, 5.41) is 2.63. The minimum absolute atomic E-state index is 0.0153. The van der Waals surface area contributed by atoms with Crippen LogP contribution >= 0.6 is 0 Å². The lowest BCUT2D eigenvalue weighted by molar-refractivity contribution is -0.148. The Kier molecular flexibility index (Phi) is 4.12. The molecule has 1 aliphatic rings. The monoisotopic (exact) mass is 212 g/mol. The van der Waals surface area contributed by atoms with Crippen LogP contribution in [0.25, 0.3) is 0 Å². The van der Waals surface area contributed by atoms with E-state index in [1.165, 1.54) is 0 Å². The Hall–Kier alpha value is -1.06. The Bertz CT molecular complexity index is 251. The molecule has 1 saturated heterocycles. The molecule has 86 valence electrons.